The van der Waals surface area contributed by atoms with E-state index >= 15 is 0 Å². The predicted molar refractivity (Wildman–Crippen MR) is 135 cm³/mol. The molecule has 158 valence electrons. The summed E-state index contributed by atoms with van der Waals surface area (Å²) in [6.45, 7) is 0.562. The maximum Gasteiger partial charge on any atom is 0.143 e. The summed E-state index contributed by atoms with van der Waals surface area (Å²) in [6, 6.07) is 36.0. The van der Waals surface area contributed by atoms with Gasteiger partial charge >= 0.3 is 0 Å². The third-order valence-corrected chi connectivity index (χ3v) is 6.55. The predicted octanol–water partition coefficient (Wildman–Crippen LogP) is 7.50. The maximum absolute atomic E-state index is 6.23. The van der Waals surface area contributed by atoms with Crippen LogP contribution in [0.15, 0.2) is 114 Å². The van der Waals surface area contributed by atoms with Gasteiger partial charge in [0.25, 0.3) is 0 Å². The van der Waals surface area contributed by atoms with Gasteiger partial charge in [0, 0.05) is 23.2 Å². The van der Waals surface area contributed by atoms with Gasteiger partial charge in [0.05, 0.1) is 5.52 Å². The summed E-state index contributed by atoms with van der Waals surface area (Å²) in [6.07, 6.45) is 5.15. The number of benzene rings is 3. The third kappa shape index (κ3) is 4.17. The number of pyridine rings is 1. The van der Waals surface area contributed by atoms with Crippen molar-refractivity contribution in [3.8, 4) is 16.9 Å². The molecule has 5 aromatic rings. The van der Waals surface area contributed by atoms with Gasteiger partial charge in [-0.25, -0.2) is 0 Å². The van der Waals surface area contributed by atoms with Crippen LogP contribution in [0, 0.1) is 0 Å². The molecule has 0 bridgehead atoms. The van der Waals surface area contributed by atoms with E-state index in [0.29, 0.717) is 6.61 Å². The molecule has 2 aromatic heterocycles. The fraction of sp³-hybridized carbons (Fsp3) is 0.103. The molecule has 32 heavy (non-hydrogen) atoms. The third-order valence-electron chi connectivity index (χ3n) is 5.75. The highest BCUT2D eigenvalue weighted by molar-refractivity contribution is 7.98. The number of hydrogen-bond donors (Lipinski definition) is 0. The number of hydrogen-bond acceptors (Lipinski definition) is 2. The van der Waals surface area contributed by atoms with Crippen LogP contribution in [0.2, 0.25) is 0 Å². The van der Waals surface area contributed by atoms with Gasteiger partial charge in [-0.15, -0.1) is 11.8 Å². The molecule has 0 spiro atoms. The Morgan fingerprint density at radius 1 is 0.781 bits per heavy atom. The Kier molecular flexibility index (Phi) is 6.00. The SMILES string of the molecule is CSc1cc2c(OCc3ccccc3)cccn2c1Cc1ccccc1-c1ccccc1. The molecule has 0 aliphatic heterocycles. The Bertz CT molecular complexity index is 1330. The summed E-state index contributed by atoms with van der Waals surface area (Å²) in [4.78, 5) is 1.28. The van der Waals surface area contributed by atoms with Crippen LogP contribution >= 0.6 is 11.8 Å². The van der Waals surface area contributed by atoms with Crippen molar-refractivity contribution in [3.05, 3.63) is 126 Å². The van der Waals surface area contributed by atoms with Crippen LogP contribution in [-0.2, 0) is 13.0 Å². The van der Waals surface area contributed by atoms with Crippen molar-refractivity contribution in [2.75, 3.05) is 6.26 Å². The van der Waals surface area contributed by atoms with Crippen molar-refractivity contribution in [2.45, 2.75) is 17.9 Å². The lowest BCUT2D eigenvalue weighted by Gasteiger charge is -2.12. The van der Waals surface area contributed by atoms with Crippen molar-refractivity contribution >= 4 is 17.3 Å². The molecule has 0 aliphatic rings. The minimum Gasteiger partial charge on any atom is -0.487 e. The number of fused-ring (bicyclic) bond motifs is 1. The first-order valence-electron chi connectivity index (χ1n) is 10.8. The Morgan fingerprint density at radius 3 is 2.28 bits per heavy atom. The number of rotatable bonds is 7. The summed E-state index contributed by atoms with van der Waals surface area (Å²) >= 11 is 1.79. The van der Waals surface area contributed by atoms with E-state index in [-0.39, 0.29) is 0 Å². The first-order chi connectivity index (χ1) is 15.8. The largest absolute Gasteiger partial charge is 0.487 e. The van der Waals surface area contributed by atoms with Crippen LogP contribution in [0.1, 0.15) is 16.8 Å². The van der Waals surface area contributed by atoms with Crippen molar-refractivity contribution in [3.63, 3.8) is 0 Å². The van der Waals surface area contributed by atoms with Gasteiger partial charge in [-0.3, -0.25) is 0 Å². The topological polar surface area (TPSA) is 13.6 Å². The number of ether oxygens (including phenoxy) is 1. The molecular weight excluding hydrogens is 410 g/mol. The van der Waals surface area contributed by atoms with Crippen molar-refractivity contribution in [2.24, 2.45) is 0 Å². The Balaban J connectivity index is 1.52. The molecular formula is C29H25NOS. The average molecular weight is 436 g/mol. The zero-order valence-corrected chi connectivity index (χ0v) is 18.9. The molecule has 0 saturated heterocycles. The molecule has 0 atom stereocenters. The van der Waals surface area contributed by atoms with Gasteiger partial charge < -0.3 is 9.14 Å². The van der Waals surface area contributed by atoms with Crippen LogP contribution in [0.3, 0.4) is 0 Å². The van der Waals surface area contributed by atoms with Gasteiger partial charge in [0.15, 0.2) is 0 Å². The minimum atomic E-state index is 0.562. The minimum absolute atomic E-state index is 0.562. The Hall–Kier alpha value is -3.43. The monoisotopic (exact) mass is 435 g/mol. The molecule has 0 saturated carbocycles. The fourth-order valence-electron chi connectivity index (χ4n) is 4.16. The Morgan fingerprint density at radius 2 is 1.50 bits per heavy atom. The first-order valence-corrected chi connectivity index (χ1v) is 12.0. The molecule has 0 unspecified atom stereocenters. The van der Waals surface area contributed by atoms with E-state index in [0.717, 1.165) is 17.7 Å². The lowest BCUT2D eigenvalue weighted by molar-refractivity contribution is 0.309. The van der Waals surface area contributed by atoms with E-state index in [1.165, 1.54) is 32.8 Å². The molecule has 2 nitrogen and oxygen atoms in total. The molecule has 0 radical (unpaired) electrons. The van der Waals surface area contributed by atoms with E-state index in [4.69, 9.17) is 4.74 Å². The normalized spacial score (nSPS) is 11.0. The smallest absolute Gasteiger partial charge is 0.143 e. The van der Waals surface area contributed by atoms with Crippen LogP contribution in [0.25, 0.3) is 16.6 Å². The number of nitrogens with zero attached hydrogens (tertiary/aromatic N) is 1. The standard InChI is InChI=1S/C29H25NOS/c1-32-29-20-26-28(31-21-22-11-4-2-5-12-22)17-10-18-30(26)27(29)19-24-15-8-9-16-25(24)23-13-6-3-7-14-23/h2-18,20H,19,21H2,1H3. The summed E-state index contributed by atoms with van der Waals surface area (Å²) in [5.74, 6) is 0.911. The molecule has 0 fully saturated rings. The highest BCUT2D eigenvalue weighted by Crippen LogP contribution is 2.34. The van der Waals surface area contributed by atoms with Crippen molar-refractivity contribution < 1.29 is 4.74 Å². The van der Waals surface area contributed by atoms with E-state index in [1.807, 2.05) is 18.2 Å². The van der Waals surface area contributed by atoms with Gasteiger partial charge in [-0.2, -0.15) is 0 Å². The molecule has 3 heteroatoms. The quantitative estimate of drug-likeness (QED) is 0.246. The van der Waals surface area contributed by atoms with E-state index in [9.17, 15) is 0 Å². The second-order valence-corrected chi connectivity index (χ2v) is 8.61. The first kappa shape index (κ1) is 20.5. The maximum atomic E-state index is 6.23. The molecule has 2 heterocycles. The molecule has 0 aliphatic carbocycles. The second-order valence-electron chi connectivity index (χ2n) is 7.76. The lowest BCUT2D eigenvalue weighted by atomic mass is 9.97. The molecule has 0 N–H and O–H groups in total. The zero-order chi connectivity index (χ0) is 21.8. The summed E-state index contributed by atoms with van der Waals surface area (Å²) < 4.78 is 8.52. The van der Waals surface area contributed by atoms with Gasteiger partial charge in [0.1, 0.15) is 12.4 Å². The molecule has 3 aromatic carbocycles. The van der Waals surface area contributed by atoms with Crippen LogP contribution in [-0.4, -0.2) is 10.7 Å². The van der Waals surface area contributed by atoms with Crippen molar-refractivity contribution in [1.29, 1.82) is 0 Å². The Labute approximate surface area is 193 Å². The van der Waals surface area contributed by atoms with E-state index in [2.05, 4.69) is 102 Å². The van der Waals surface area contributed by atoms with Gasteiger partial charge in [-0.1, -0.05) is 84.9 Å². The van der Waals surface area contributed by atoms with E-state index in [1.54, 1.807) is 11.8 Å². The van der Waals surface area contributed by atoms with Crippen LogP contribution in [0.5, 0.6) is 5.75 Å². The van der Waals surface area contributed by atoms with Gasteiger partial charge in [-0.05, 0) is 46.7 Å². The van der Waals surface area contributed by atoms with Crippen LogP contribution in [0.4, 0.5) is 0 Å². The highest BCUT2D eigenvalue weighted by atomic mass is 32.2. The summed E-state index contributed by atoms with van der Waals surface area (Å²) in [5, 5.41) is 0. The lowest BCUT2D eigenvalue weighted by Crippen LogP contribution is -2.00. The fourth-order valence-corrected chi connectivity index (χ4v) is 4.80. The number of aromatic nitrogens is 1. The van der Waals surface area contributed by atoms with E-state index < -0.39 is 0 Å². The highest BCUT2D eigenvalue weighted by Gasteiger charge is 2.15. The molecule has 5 rings (SSSR count). The summed E-state index contributed by atoms with van der Waals surface area (Å²) in [7, 11) is 0. The summed E-state index contributed by atoms with van der Waals surface area (Å²) in [5.41, 5.74) is 7.43. The molecule has 0 amide bonds. The van der Waals surface area contributed by atoms with Crippen LogP contribution < -0.4 is 4.74 Å². The van der Waals surface area contributed by atoms with Gasteiger partial charge in [0.2, 0.25) is 0 Å². The number of thioether (sulfide) groups is 1. The van der Waals surface area contributed by atoms with Crippen molar-refractivity contribution in [1.82, 2.24) is 4.40 Å². The average Bonchev–Trinajstić information content (AvgIpc) is 3.22. The zero-order valence-electron chi connectivity index (χ0n) is 18.1. The second kappa shape index (κ2) is 9.37.